The third-order valence-electron chi connectivity index (χ3n) is 6.13. The van der Waals surface area contributed by atoms with Crippen molar-refractivity contribution in [2.75, 3.05) is 61.4 Å². The second-order valence-electron chi connectivity index (χ2n) is 8.32. The number of pyridine rings is 1. The molecule has 2 aromatic heterocycles. The summed E-state index contributed by atoms with van der Waals surface area (Å²) in [6.07, 6.45) is 5.36. The monoisotopic (exact) mass is 471 g/mol. The molecule has 0 unspecified atom stereocenters. The van der Waals surface area contributed by atoms with Gasteiger partial charge in [-0.15, -0.1) is 0 Å². The molecular weight excluding hydrogens is 448 g/mol. The Hall–Kier alpha value is -3.04. The van der Waals surface area contributed by atoms with Gasteiger partial charge in [-0.25, -0.2) is 23.7 Å². The van der Waals surface area contributed by atoms with Gasteiger partial charge < -0.3 is 20.0 Å². The van der Waals surface area contributed by atoms with Crippen LogP contribution in [-0.2, 0) is 6.54 Å². The fraction of sp³-hybridized carbons (Fsp3) is 0.348. The van der Waals surface area contributed by atoms with Crippen LogP contribution in [0.15, 0.2) is 36.8 Å². The molecule has 4 heterocycles. The van der Waals surface area contributed by atoms with E-state index in [-0.39, 0.29) is 17.1 Å². The average molecular weight is 472 g/mol. The van der Waals surface area contributed by atoms with Gasteiger partial charge in [0.15, 0.2) is 0 Å². The fourth-order valence-electron chi connectivity index (χ4n) is 4.13. The van der Waals surface area contributed by atoms with Crippen LogP contribution in [0, 0.1) is 11.6 Å². The largest absolute Gasteiger partial charge is 0.367 e. The Kier molecular flexibility index (Phi) is 5.99. The molecular formula is C23H24ClF2N7. The molecule has 1 aromatic carbocycles. The van der Waals surface area contributed by atoms with Gasteiger partial charge in [-0.05, 0) is 25.2 Å². The summed E-state index contributed by atoms with van der Waals surface area (Å²) in [5.74, 6) is 0.247. The second-order valence-corrected chi connectivity index (χ2v) is 8.70. The minimum atomic E-state index is -0.632. The van der Waals surface area contributed by atoms with E-state index in [1.165, 1.54) is 0 Å². The molecule has 1 N–H and O–H groups in total. The van der Waals surface area contributed by atoms with Crippen molar-refractivity contribution in [3.8, 4) is 11.1 Å². The summed E-state index contributed by atoms with van der Waals surface area (Å²) in [6.45, 7) is 5.14. The maximum Gasteiger partial charge on any atom is 0.225 e. The first-order chi connectivity index (χ1) is 16.0. The number of nitrogens with one attached hydrogen (secondary N) is 1. The maximum atomic E-state index is 14.4. The molecule has 0 spiro atoms. The molecule has 0 saturated carbocycles. The van der Waals surface area contributed by atoms with E-state index in [1.54, 1.807) is 18.6 Å². The van der Waals surface area contributed by atoms with Gasteiger partial charge in [-0.2, -0.15) is 0 Å². The van der Waals surface area contributed by atoms with Crippen LogP contribution in [0.5, 0.6) is 0 Å². The molecule has 2 aliphatic rings. The number of halogens is 3. The average Bonchev–Trinajstić information content (AvgIpc) is 2.84. The van der Waals surface area contributed by atoms with Crippen LogP contribution in [0.1, 0.15) is 5.56 Å². The normalized spacial score (nSPS) is 16.5. The summed E-state index contributed by atoms with van der Waals surface area (Å²) in [7, 11) is 2.11. The second kappa shape index (κ2) is 9.07. The van der Waals surface area contributed by atoms with E-state index in [1.807, 2.05) is 11.0 Å². The van der Waals surface area contributed by atoms with Crippen molar-refractivity contribution in [3.63, 3.8) is 0 Å². The molecule has 0 bridgehead atoms. The van der Waals surface area contributed by atoms with E-state index in [0.717, 1.165) is 61.1 Å². The van der Waals surface area contributed by atoms with Crippen LogP contribution < -0.4 is 15.1 Å². The van der Waals surface area contributed by atoms with E-state index in [0.29, 0.717) is 18.9 Å². The zero-order valence-electron chi connectivity index (χ0n) is 18.2. The van der Waals surface area contributed by atoms with Gasteiger partial charge in [-0.1, -0.05) is 11.6 Å². The van der Waals surface area contributed by atoms with Gasteiger partial charge in [0.2, 0.25) is 5.95 Å². The Morgan fingerprint density at radius 3 is 2.39 bits per heavy atom. The van der Waals surface area contributed by atoms with Gasteiger partial charge in [0.05, 0.1) is 10.7 Å². The lowest BCUT2D eigenvalue weighted by Gasteiger charge is -2.32. The molecule has 1 saturated heterocycles. The summed E-state index contributed by atoms with van der Waals surface area (Å²) in [5, 5.41) is 3.07. The minimum Gasteiger partial charge on any atom is -0.367 e. The standard InChI is InChI=1S/C23H24ClF2N7/c1-31-6-8-32(9-7-31)23-29-12-16(13-30-23)15-10-20-22(28-11-15)27-4-5-33(20)14-17-18(25)2-3-19(26)21(17)24/h2-3,10-13H,4-9,14H2,1H3,(H,27,28). The van der Waals surface area contributed by atoms with Gasteiger partial charge in [0.1, 0.15) is 17.5 Å². The Labute approximate surface area is 196 Å². The molecule has 1 fully saturated rings. The van der Waals surface area contributed by atoms with Crippen LogP contribution in [-0.4, -0.2) is 66.2 Å². The van der Waals surface area contributed by atoms with Crippen molar-refractivity contribution < 1.29 is 8.78 Å². The highest BCUT2D eigenvalue weighted by molar-refractivity contribution is 6.31. The molecule has 0 aliphatic carbocycles. The van der Waals surface area contributed by atoms with E-state index in [4.69, 9.17) is 11.6 Å². The van der Waals surface area contributed by atoms with Crippen molar-refractivity contribution >= 4 is 29.1 Å². The van der Waals surface area contributed by atoms with Crippen molar-refractivity contribution in [1.29, 1.82) is 0 Å². The molecule has 5 rings (SSSR count). The van der Waals surface area contributed by atoms with Crippen molar-refractivity contribution in [1.82, 2.24) is 19.9 Å². The molecule has 172 valence electrons. The number of fused-ring (bicyclic) bond motifs is 1. The van der Waals surface area contributed by atoms with Crippen LogP contribution >= 0.6 is 11.6 Å². The summed E-state index contributed by atoms with van der Waals surface area (Å²) in [4.78, 5) is 20.1. The van der Waals surface area contributed by atoms with Crippen LogP contribution in [0.25, 0.3) is 11.1 Å². The Morgan fingerprint density at radius 1 is 0.939 bits per heavy atom. The smallest absolute Gasteiger partial charge is 0.225 e. The fourth-order valence-corrected chi connectivity index (χ4v) is 4.34. The van der Waals surface area contributed by atoms with Gasteiger partial charge in [0.25, 0.3) is 0 Å². The topological polar surface area (TPSA) is 60.4 Å². The minimum absolute atomic E-state index is 0.134. The third kappa shape index (κ3) is 4.43. The first-order valence-electron chi connectivity index (χ1n) is 10.9. The first kappa shape index (κ1) is 21.8. The van der Waals surface area contributed by atoms with E-state index >= 15 is 0 Å². The van der Waals surface area contributed by atoms with Crippen LogP contribution in [0.2, 0.25) is 5.02 Å². The number of anilines is 3. The Bertz CT molecular complexity index is 1150. The lowest BCUT2D eigenvalue weighted by Crippen LogP contribution is -2.45. The van der Waals surface area contributed by atoms with E-state index in [2.05, 4.69) is 37.1 Å². The zero-order valence-corrected chi connectivity index (χ0v) is 19.0. The molecule has 7 nitrogen and oxygen atoms in total. The summed E-state index contributed by atoms with van der Waals surface area (Å²) in [5.41, 5.74) is 2.61. The predicted octanol–water partition coefficient (Wildman–Crippen LogP) is 3.65. The molecule has 0 radical (unpaired) electrons. The van der Waals surface area contributed by atoms with Gasteiger partial charge in [0, 0.05) is 81.1 Å². The van der Waals surface area contributed by atoms with Gasteiger partial charge in [-0.3, -0.25) is 0 Å². The van der Waals surface area contributed by atoms with Gasteiger partial charge >= 0.3 is 0 Å². The SMILES string of the molecule is CN1CCN(c2ncc(-c3cnc4c(c3)N(Cc3c(F)ccc(F)c3Cl)CCN4)cn2)CC1. The van der Waals surface area contributed by atoms with Crippen LogP contribution in [0.4, 0.5) is 26.2 Å². The molecule has 10 heteroatoms. The third-order valence-corrected chi connectivity index (χ3v) is 6.54. The summed E-state index contributed by atoms with van der Waals surface area (Å²) < 4.78 is 28.3. The van der Waals surface area contributed by atoms with Crippen LogP contribution in [0.3, 0.4) is 0 Å². The van der Waals surface area contributed by atoms with Crippen molar-refractivity contribution in [2.45, 2.75) is 6.54 Å². The molecule has 3 aromatic rings. The highest BCUT2D eigenvalue weighted by Crippen LogP contribution is 2.34. The highest BCUT2D eigenvalue weighted by Gasteiger charge is 2.23. The number of nitrogens with zero attached hydrogens (tertiary/aromatic N) is 6. The van der Waals surface area contributed by atoms with Crippen molar-refractivity contribution in [2.24, 2.45) is 0 Å². The highest BCUT2D eigenvalue weighted by atomic mass is 35.5. The number of hydrogen-bond donors (Lipinski definition) is 1. The van der Waals surface area contributed by atoms with E-state index in [9.17, 15) is 8.78 Å². The first-order valence-corrected chi connectivity index (χ1v) is 11.2. The number of aromatic nitrogens is 3. The summed E-state index contributed by atoms with van der Waals surface area (Å²) >= 11 is 6.06. The number of piperazine rings is 1. The lowest BCUT2D eigenvalue weighted by molar-refractivity contribution is 0.311. The number of benzene rings is 1. The molecule has 0 atom stereocenters. The Balaban J connectivity index is 1.40. The number of likely N-dealkylation sites (N-methyl/N-ethyl adjacent to an activating group) is 1. The maximum absolute atomic E-state index is 14.4. The quantitative estimate of drug-likeness (QED) is 0.583. The predicted molar refractivity (Wildman–Crippen MR) is 126 cm³/mol. The Morgan fingerprint density at radius 2 is 1.64 bits per heavy atom. The zero-order chi connectivity index (χ0) is 22.9. The van der Waals surface area contributed by atoms with Crippen molar-refractivity contribution in [3.05, 3.63) is 59.0 Å². The molecule has 0 amide bonds. The number of hydrogen-bond acceptors (Lipinski definition) is 7. The number of rotatable bonds is 4. The van der Waals surface area contributed by atoms with E-state index < -0.39 is 11.6 Å². The molecule has 33 heavy (non-hydrogen) atoms. The lowest BCUT2D eigenvalue weighted by atomic mass is 10.1. The molecule has 2 aliphatic heterocycles. The summed E-state index contributed by atoms with van der Waals surface area (Å²) in [6, 6.07) is 4.11.